The standard InChI is InChI=1S/C46H55F4N7O3.CH2O/c1-28-21-29-25-57(26-30(29)22-36(28)46(60)53(3)40(9-6-20-58)45(59)51-2)32-12-15-54(16-13-32)31-10-17-55(18-11-31)33-23-37(47)42(38(48)24-33)44-43-35(14-19-56(44)27-41(49)50)34-7-4-5-8-39(34)52-43;1-2/h4-5,7-8,20-24,31-32,40-41,44,52H,6,9-19,25-27H2,1-3H3,(H,51,59);1H2/t40?,44-;/m1./s1. The summed E-state index contributed by atoms with van der Waals surface area (Å²) in [5, 5.41) is 3.56. The van der Waals surface area contributed by atoms with E-state index in [1.807, 2.05) is 48.9 Å². The molecule has 0 bridgehead atoms. The molecule has 2 amide bonds. The fourth-order valence-corrected chi connectivity index (χ4v) is 10.4. The van der Waals surface area contributed by atoms with Crippen molar-refractivity contribution < 1.29 is 36.7 Å². The van der Waals surface area contributed by atoms with E-state index in [1.54, 1.807) is 7.05 Å². The maximum atomic E-state index is 16.2. The molecule has 0 radical (unpaired) electrons. The third-order valence-electron chi connectivity index (χ3n) is 13.6. The Kier molecular flexibility index (Phi) is 14.1. The van der Waals surface area contributed by atoms with Crippen LogP contribution in [0.15, 0.2) is 48.5 Å². The molecule has 2 fully saturated rings. The van der Waals surface area contributed by atoms with Gasteiger partial charge in [0.2, 0.25) is 5.91 Å². The third kappa shape index (κ3) is 9.02. The van der Waals surface area contributed by atoms with E-state index in [0.717, 1.165) is 85.7 Å². The first-order valence-corrected chi connectivity index (χ1v) is 21.6. The molecular weight excluding hydrogens is 803 g/mol. The number of amides is 2. The van der Waals surface area contributed by atoms with Crippen LogP contribution in [0.4, 0.5) is 23.2 Å². The van der Waals surface area contributed by atoms with E-state index in [0.29, 0.717) is 48.5 Å². The Morgan fingerprint density at radius 2 is 1.55 bits per heavy atom. The SMILES string of the molecule is C=O.CNC(=O)C(CCC=O)N(C)C(=O)c1cc2c(cc1C)CN(C1CCN(C3CCN(c4cc(F)c([C@@H]5c6[nH]c7ccccc7c6CCN5CC(F)F)c(F)c4)CC3)CC1)C2. The van der Waals surface area contributed by atoms with Crippen molar-refractivity contribution in [1.29, 1.82) is 0 Å². The summed E-state index contributed by atoms with van der Waals surface area (Å²) >= 11 is 0. The summed E-state index contributed by atoms with van der Waals surface area (Å²) in [6.45, 7) is 8.45. The van der Waals surface area contributed by atoms with Gasteiger partial charge in [0.05, 0.1) is 12.6 Å². The molecule has 2 N–H and O–H groups in total. The Morgan fingerprint density at radius 3 is 2.19 bits per heavy atom. The number of anilines is 1. The number of likely N-dealkylation sites (N-methyl/N-ethyl adjacent to an activating group) is 2. The number of hydrogen-bond acceptors (Lipinski definition) is 8. The Labute approximate surface area is 360 Å². The van der Waals surface area contributed by atoms with Crippen molar-refractivity contribution >= 4 is 41.5 Å². The van der Waals surface area contributed by atoms with Crippen LogP contribution in [-0.4, -0.2) is 127 Å². The molecule has 5 heterocycles. The molecule has 332 valence electrons. The lowest BCUT2D eigenvalue weighted by Gasteiger charge is -2.44. The van der Waals surface area contributed by atoms with E-state index >= 15 is 8.78 Å². The molecule has 0 aliphatic carbocycles. The van der Waals surface area contributed by atoms with Crippen molar-refractivity contribution in [2.24, 2.45) is 0 Å². The second-order valence-electron chi connectivity index (χ2n) is 17.0. The number of carbonyl (C=O) groups is 4. The van der Waals surface area contributed by atoms with Crippen LogP contribution in [0.2, 0.25) is 0 Å². The molecule has 4 aliphatic rings. The van der Waals surface area contributed by atoms with E-state index in [4.69, 9.17) is 4.79 Å². The first-order valence-electron chi connectivity index (χ1n) is 21.6. The van der Waals surface area contributed by atoms with E-state index in [-0.39, 0.29) is 36.8 Å². The van der Waals surface area contributed by atoms with Crippen LogP contribution >= 0.6 is 0 Å². The number of para-hydroxylation sites is 1. The molecule has 0 saturated carbocycles. The fourth-order valence-electron chi connectivity index (χ4n) is 10.4. The minimum Gasteiger partial charge on any atom is -0.371 e. The molecule has 0 spiro atoms. The van der Waals surface area contributed by atoms with Gasteiger partial charge < -0.3 is 34.6 Å². The molecule has 15 heteroatoms. The van der Waals surface area contributed by atoms with Gasteiger partial charge in [0.15, 0.2) is 0 Å². The quantitative estimate of drug-likeness (QED) is 0.125. The normalized spacial score (nSPS) is 19.5. The summed E-state index contributed by atoms with van der Waals surface area (Å²) in [6, 6.07) is 13.5. The van der Waals surface area contributed by atoms with Gasteiger partial charge in [-0.1, -0.05) is 24.3 Å². The number of piperidine rings is 2. The highest BCUT2D eigenvalue weighted by Gasteiger charge is 2.38. The largest absolute Gasteiger partial charge is 0.371 e. The topological polar surface area (TPSA) is 112 Å². The number of fused-ring (bicyclic) bond motifs is 4. The second kappa shape index (κ2) is 19.5. The van der Waals surface area contributed by atoms with Crippen molar-refractivity contribution in [3.8, 4) is 0 Å². The van der Waals surface area contributed by atoms with Crippen LogP contribution < -0.4 is 10.2 Å². The summed E-state index contributed by atoms with van der Waals surface area (Å²) in [5.74, 6) is -1.97. The van der Waals surface area contributed by atoms with Gasteiger partial charge in [-0.2, -0.15) is 0 Å². The van der Waals surface area contributed by atoms with Crippen molar-refractivity contribution in [1.82, 2.24) is 29.9 Å². The monoisotopic (exact) mass is 859 g/mol. The van der Waals surface area contributed by atoms with Gasteiger partial charge in [-0.05, 0) is 105 Å². The van der Waals surface area contributed by atoms with Crippen LogP contribution in [-0.2, 0) is 33.9 Å². The van der Waals surface area contributed by atoms with Gasteiger partial charge in [0.1, 0.15) is 30.8 Å². The van der Waals surface area contributed by atoms with E-state index in [2.05, 4.69) is 26.2 Å². The molecule has 11 nitrogen and oxygen atoms in total. The summed E-state index contributed by atoms with van der Waals surface area (Å²) in [4.78, 5) is 58.6. The highest BCUT2D eigenvalue weighted by molar-refractivity contribution is 5.99. The zero-order valence-corrected chi connectivity index (χ0v) is 35.8. The number of hydrogen-bond donors (Lipinski definition) is 2. The first-order chi connectivity index (χ1) is 29.9. The van der Waals surface area contributed by atoms with Gasteiger partial charge in [0, 0.05) is 98.7 Å². The number of aromatic amines is 1. The maximum absolute atomic E-state index is 16.2. The molecular formula is C47H57F4N7O4. The van der Waals surface area contributed by atoms with Crippen LogP contribution in [0.3, 0.4) is 0 Å². The van der Waals surface area contributed by atoms with E-state index in [9.17, 15) is 23.2 Å². The molecule has 1 aromatic heterocycles. The molecule has 2 atom stereocenters. The number of alkyl halides is 2. The van der Waals surface area contributed by atoms with Gasteiger partial charge in [-0.15, -0.1) is 0 Å². The van der Waals surface area contributed by atoms with Gasteiger partial charge in [0.25, 0.3) is 12.3 Å². The molecule has 2 saturated heterocycles. The number of carbonyl (C=O) groups excluding carboxylic acids is 4. The Morgan fingerprint density at radius 1 is 0.919 bits per heavy atom. The summed E-state index contributed by atoms with van der Waals surface area (Å²) in [6.07, 6.45) is 2.86. The minimum atomic E-state index is -2.64. The summed E-state index contributed by atoms with van der Waals surface area (Å²) in [5.41, 5.74) is 6.39. The lowest BCUT2D eigenvalue weighted by Crippen LogP contribution is -2.50. The Bertz CT molecular complexity index is 2230. The van der Waals surface area contributed by atoms with Gasteiger partial charge >= 0.3 is 0 Å². The molecule has 3 aromatic carbocycles. The number of H-pyrrole nitrogens is 1. The average Bonchev–Trinajstić information content (AvgIpc) is 3.88. The average molecular weight is 860 g/mol. The number of rotatable bonds is 12. The number of aldehydes is 1. The van der Waals surface area contributed by atoms with Gasteiger partial charge in [-0.3, -0.25) is 19.4 Å². The van der Waals surface area contributed by atoms with Crippen LogP contribution in [0.1, 0.15) is 88.4 Å². The van der Waals surface area contributed by atoms with E-state index < -0.39 is 36.7 Å². The predicted octanol–water partition coefficient (Wildman–Crippen LogP) is 6.40. The summed E-state index contributed by atoms with van der Waals surface area (Å²) in [7, 11) is 3.15. The summed E-state index contributed by atoms with van der Waals surface area (Å²) < 4.78 is 59.9. The highest BCUT2D eigenvalue weighted by Crippen LogP contribution is 2.42. The lowest BCUT2D eigenvalue weighted by atomic mass is 9.91. The number of nitrogens with zero attached hydrogens (tertiary/aromatic N) is 5. The predicted molar refractivity (Wildman–Crippen MR) is 230 cm³/mol. The van der Waals surface area contributed by atoms with E-state index in [1.165, 1.54) is 34.5 Å². The van der Waals surface area contributed by atoms with Crippen molar-refractivity contribution in [3.05, 3.63) is 99.2 Å². The number of benzene rings is 3. The number of likely N-dealkylation sites (tertiary alicyclic amines) is 1. The van der Waals surface area contributed by atoms with Crippen molar-refractivity contribution in [2.75, 3.05) is 58.3 Å². The van der Waals surface area contributed by atoms with Crippen molar-refractivity contribution in [3.63, 3.8) is 0 Å². The molecule has 4 aromatic rings. The fraction of sp³-hybridized carbons (Fsp3) is 0.489. The molecule has 8 rings (SSSR count). The lowest BCUT2D eigenvalue weighted by molar-refractivity contribution is -0.125. The molecule has 4 aliphatic heterocycles. The molecule has 1 unspecified atom stereocenters. The Balaban J connectivity index is 0.00000285. The Hall–Kier alpha value is -5.12. The maximum Gasteiger partial charge on any atom is 0.254 e. The smallest absolute Gasteiger partial charge is 0.254 e. The van der Waals surface area contributed by atoms with Crippen LogP contribution in [0.5, 0.6) is 0 Å². The highest BCUT2D eigenvalue weighted by atomic mass is 19.3. The minimum absolute atomic E-state index is 0.188. The van der Waals surface area contributed by atoms with Crippen LogP contribution in [0, 0.1) is 18.6 Å². The van der Waals surface area contributed by atoms with Crippen molar-refractivity contribution in [2.45, 2.75) is 95.6 Å². The number of aryl methyl sites for hydroxylation is 1. The second-order valence-corrected chi connectivity index (χ2v) is 17.0. The first kappa shape index (κ1) is 44.9. The number of halogens is 4. The third-order valence-corrected chi connectivity index (χ3v) is 13.6. The van der Waals surface area contributed by atoms with Crippen LogP contribution in [0.25, 0.3) is 10.9 Å². The zero-order valence-electron chi connectivity index (χ0n) is 35.8. The molecule has 62 heavy (non-hydrogen) atoms. The number of aromatic nitrogens is 1. The zero-order chi connectivity index (χ0) is 44.2. The van der Waals surface area contributed by atoms with Gasteiger partial charge in [-0.25, -0.2) is 17.6 Å². The number of nitrogens with one attached hydrogen (secondary N) is 2.